The number of carbonyl (C=O) groups excluding carboxylic acids is 1. The van der Waals surface area contributed by atoms with E-state index >= 15 is 0 Å². The summed E-state index contributed by atoms with van der Waals surface area (Å²) in [6.07, 6.45) is 3.61. The van der Waals surface area contributed by atoms with E-state index in [1.807, 2.05) is 38.2 Å². The van der Waals surface area contributed by atoms with Gasteiger partial charge in [0, 0.05) is 24.5 Å². The minimum atomic E-state index is -0.163. The van der Waals surface area contributed by atoms with Crippen LogP contribution in [0.15, 0.2) is 24.4 Å². The van der Waals surface area contributed by atoms with Crippen LogP contribution in [0.1, 0.15) is 28.8 Å². The Kier molecular flexibility index (Phi) is 5.41. The Hall–Kier alpha value is -2.50. The minimum Gasteiger partial charge on any atom is -0.399 e. The molecule has 0 spiro atoms. The highest BCUT2D eigenvalue weighted by Gasteiger charge is 2.03. The molecule has 2 aromatic rings. The fraction of sp³-hybridized carbons (Fsp3) is 0.375. The lowest BCUT2D eigenvalue weighted by Crippen LogP contribution is -2.35. The predicted molar refractivity (Wildman–Crippen MR) is 87.5 cm³/mol. The number of urea groups is 1. The first-order chi connectivity index (χ1) is 10.5. The third-order valence-electron chi connectivity index (χ3n) is 3.46. The third kappa shape index (κ3) is 4.80. The van der Waals surface area contributed by atoms with Crippen molar-refractivity contribution in [3.05, 3.63) is 46.8 Å². The van der Waals surface area contributed by atoms with Crippen LogP contribution in [0.4, 0.5) is 10.5 Å². The fourth-order valence-corrected chi connectivity index (χ4v) is 2.35. The molecular weight excluding hydrogens is 278 g/mol. The Balaban J connectivity index is 1.66. The van der Waals surface area contributed by atoms with Crippen LogP contribution in [0.25, 0.3) is 0 Å². The molecule has 6 heteroatoms. The molecule has 5 N–H and O–H groups in total. The van der Waals surface area contributed by atoms with Gasteiger partial charge in [0.15, 0.2) is 0 Å². The molecule has 6 nitrogen and oxygen atoms in total. The van der Waals surface area contributed by atoms with Gasteiger partial charge in [-0.05, 0) is 55.5 Å². The Labute approximate surface area is 130 Å². The summed E-state index contributed by atoms with van der Waals surface area (Å²) >= 11 is 0. The molecule has 0 fully saturated rings. The van der Waals surface area contributed by atoms with Crippen LogP contribution >= 0.6 is 0 Å². The van der Waals surface area contributed by atoms with E-state index in [4.69, 9.17) is 5.73 Å². The van der Waals surface area contributed by atoms with Crippen molar-refractivity contribution in [1.29, 1.82) is 0 Å². The normalized spacial score (nSPS) is 10.5. The number of aromatic nitrogens is 2. The summed E-state index contributed by atoms with van der Waals surface area (Å²) in [5, 5.41) is 12.6. The zero-order chi connectivity index (χ0) is 15.9. The topological polar surface area (TPSA) is 95.8 Å². The summed E-state index contributed by atoms with van der Waals surface area (Å²) in [6, 6.07) is 5.62. The SMILES string of the molecule is Cc1cc(N)cc(CNC(=O)NCCCc2cn[nH]c2C)c1. The number of benzene rings is 1. The summed E-state index contributed by atoms with van der Waals surface area (Å²) in [5.41, 5.74) is 10.9. The number of nitrogens with two attached hydrogens (primary N) is 1. The zero-order valence-electron chi connectivity index (χ0n) is 13.1. The smallest absolute Gasteiger partial charge is 0.315 e. The van der Waals surface area contributed by atoms with Gasteiger partial charge in [0.2, 0.25) is 0 Å². The van der Waals surface area contributed by atoms with Gasteiger partial charge < -0.3 is 16.4 Å². The van der Waals surface area contributed by atoms with Crippen molar-refractivity contribution < 1.29 is 4.79 Å². The molecule has 0 bridgehead atoms. The highest BCUT2D eigenvalue weighted by Crippen LogP contribution is 2.10. The molecular formula is C16H23N5O. The van der Waals surface area contributed by atoms with Gasteiger partial charge in [0.1, 0.15) is 0 Å². The molecule has 0 aliphatic rings. The summed E-state index contributed by atoms with van der Waals surface area (Å²) in [7, 11) is 0. The monoisotopic (exact) mass is 301 g/mol. The number of nitrogen functional groups attached to an aromatic ring is 1. The molecule has 0 saturated heterocycles. The van der Waals surface area contributed by atoms with E-state index in [0.717, 1.165) is 29.7 Å². The summed E-state index contributed by atoms with van der Waals surface area (Å²) < 4.78 is 0. The van der Waals surface area contributed by atoms with Crippen molar-refractivity contribution in [2.45, 2.75) is 33.2 Å². The number of aromatic amines is 1. The number of H-pyrrole nitrogens is 1. The molecule has 118 valence electrons. The number of nitrogens with one attached hydrogen (secondary N) is 3. The van der Waals surface area contributed by atoms with Gasteiger partial charge >= 0.3 is 6.03 Å². The van der Waals surface area contributed by atoms with Crippen molar-refractivity contribution >= 4 is 11.7 Å². The van der Waals surface area contributed by atoms with Crippen LogP contribution in [0, 0.1) is 13.8 Å². The molecule has 22 heavy (non-hydrogen) atoms. The number of nitrogens with zero attached hydrogens (tertiary/aromatic N) is 1. The fourth-order valence-electron chi connectivity index (χ4n) is 2.35. The van der Waals surface area contributed by atoms with Crippen LogP contribution in [-0.4, -0.2) is 22.8 Å². The molecule has 0 unspecified atom stereocenters. The second-order valence-corrected chi connectivity index (χ2v) is 5.49. The standard InChI is InChI=1S/C16H23N5O/c1-11-6-13(8-15(17)7-11)9-19-16(22)18-5-3-4-14-10-20-21-12(14)2/h6-8,10H,3-5,9,17H2,1-2H3,(H,20,21)(H2,18,19,22). The molecule has 0 aliphatic heterocycles. The summed E-state index contributed by atoms with van der Waals surface area (Å²) in [4.78, 5) is 11.7. The Morgan fingerprint density at radius 3 is 2.77 bits per heavy atom. The van der Waals surface area contributed by atoms with Crippen LogP contribution in [0.3, 0.4) is 0 Å². The summed E-state index contributed by atoms with van der Waals surface area (Å²) in [5.74, 6) is 0. The lowest BCUT2D eigenvalue weighted by atomic mass is 10.1. The Morgan fingerprint density at radius 2 is 2.09 bits per heavy atom. The van der Waals surface area contributed by atoms with Crippen molar-refractivity contribution in [3.63, 3.8) is 0 Å². The van der Waals surface area contributed by atoms with Crippen LogP contribution in [-0.2, 0) is 13.0 Å². The van der Waals surface area contributed by atoms with E-state index in [-0.39, 0.29) is 6.03 Å². The number of aryl methyl sites for hydroxylation is 3. The molecule has 0 atom stereocenters. The Bertz CT molecular complexity index is 615. The minimum absolute atomic E-state index is 0.163. The van der Waals surface area contributed by atoms with E-state index in [2.05, 4.69) is 20.8 Å². The first kappa shape index (κ1) is 15.9. The third-order valence-corrected chi connectivity index (χ3v) is 3.46. The maximum absolute atomic E-state index is 11.7. The second kappa shape index (κ2) is 7.49. The van der Waals surface area contributed by atoms with Crippen LogP contribution < -0.4 is 16.4 Å². The number of rotatable bonds is 6. The largest absolute Gasteiger partial charge is 0.399 e. The molecule has 0 aliphatic carbocycles. The first-order valence-corrected chi connectivity index (χ1v) is 7.41. The summed E-state index contributed by atoms with van der Waals surface area (Å²) in [6.45, 7) is 5.08. The van der Waals surface area contributed by atoms with Gasteiger partial charge in [0.25, 0.3) is 0 Å². The highest BCUT2D eigenvalue weighted by atomic mass is 16.2. The van der Waals surface area contributed by atoms with E-state index < -0.39 is 0 Å². The molecule has 1 aromatic carbocycles. The molecule has 2 amide bonds. The first-order valence-electron chi connectivity index (χ1n) is 7.41. The Morgan fingerprint density at radius 1 is 1.27 bits per heavy atom. The van der Waals surface area contributed by atoms with Gasteiger partial charge in [0.05, 0.1) is 6.20 Å². The zero-order valence-corrected chi connectivity index (χ0v) is 13.1. The number of amides is 2. The van der Waals surface area contributed by atoms with Gasteiger partial charge in [-0.15, -0.1) is 0 Å². The van der Waals surface area contributed by atoms with Crippen molar-refractivity contribution in [3.8, 4) is 0 Å². The molecule has 1 heterocycles. The van der Waals surface area contributed by atoms with E-state index in [1.54, 1.807) is 0 Å². The van der Waals surface area contributed by atoms with Crippen molar-refractivity contribution in [2.75, 3.05) is 12.3 Å². The number of carbonyl (C=O) groups is 1. The van der Waals surface area contributed by atoms with E-state index in [9.17, 15) is 4.79 Å². The van der Waals surface area contributed by atoms with Crippen molar-refractivity contribution in [1.82, 2.24) is 20.8 Å². The number of anilines is 1. The number of hydrogen-bond donors (Lipinski definition) is 4. The number of hydrogen-bond acceptors (Lipinski definition) is 3. The van der Waals surface area contributed by atoms with Gasteiger partial charge in [-0.3, -0.25) is 5.10 Å². The van der Waals surface area contributed by atoms with E-state index in [1.165, 1.54) is 5.56 Å². The quantitative estimate of drug-likeness (QED) is 0.485. The maximum Gasteiger partial charge on any atom is 0.315 e. The maximum atomic E-state index is 11.7. The van der Waals surface area contributed by atoms with Gasteiger partial charge in [-0.25, -0.2) is 4.79 Å². The lowest BCUT2D eigenvalue weighted by molar-refractivity contribution is 0.240. The van der Waals surface area contributed by atoms with Gasteiger partial charge in [-0.1, -0.05) is 6.07 Å². The van der Waals surface area contributed by atoms with Crippen LogP contribution in [0.2, 0.25) is 0 Å². The van der Waals surface area contributed by atoms with Gasteiger partial charge in [-0.2, -0.15) is 5.10 Å². The average molecular weight is 301 g/mol. The molecule has 0 saturated carbocycles. The average Bonchev–Trinajstić information content (AvgIpc) is 2.86. The van der Waals surface area contributed by atoms with Crippen LogP contribution in [0.5, 0.6) is 0 Å². The molecule has 0 radical (unpaired) electrons. The highest BCUT2D eigenvalue weighted by molar-refractivity contribution is 5.73. The molecule has 1 aromatic heterocycles. The second-order valence-electron chi connectivity index (χ2n) is 5.49. The van der Waals surface area contributed by atoms with Crippen molar-refractivity contribution in [2.24, 2.45) is 0 Å². The van der Waals surface area contributed by atoms with E-state index in [0.29, 0.717) is 18.8 Å². The lowest BCUT2D eigenvalue weighted by Gasteiger charge is -2.09. The predicted octanol–water partition coefficient (Wildman–Crippen LogP) is 2.04. The molecule has 2 rings (SSSR count).